The zero-order valence-electron chi connectivity index (χ0n) is 56.0. The highest BCUT2D eigenvalue weighted by Crippen LogP contribution is 2.19. The van der Waals surface area contributed by atoms with Crippen molar-refractivity contribution in [3.63, 3.8) is 0 Å². The average Bonchev–Trinajstić information content (AvgIpc) is 3.49. The Morgan fingerprint density at radius 1 is 0.253 bits per heavy atom. The van der Waals surface area contributed by atoms with Gasteiger partial charge in [0.15, 0.2) is 6.10 Å². The monoisotopic (exact) mass is 1160 g/mol. The molecule has 1 atom stereocenters. The molecule has 0 aliphatic heterocycles. The maximum Gasteiger partial charge on any atom is 0.306 e. The van der Waals surface area contributed by atoms with E-state index in [0.29, 0.717) is 19.3 Å². The predicted molar refractivity (Wildman–Crippen MR) is 362 cm³/mol. The number of rotatable bonds is 69. The Morgan fingerprint density at radius 2 is 0.470 bits per heavy atom. The quantitative estimate of drug-likeness (QED) is 0.0261. The summed E-state index contributed by atoms with van der Waals surface area (Å²) in [6.45, 7) is 6.61. The molecule has 0 aromatic carbocycles. The van der Waals surface area contributed by atoms with Crippen LogP contribution < -0.4 is 0 Å². The molecule has 0 aliphatic carbocycles. The Labute approximate surface area is 518 Å². The lowest BCUT2D eigenvalue weighted by Crippen LogP contribution is -2.30. The molecule has 0 radical (unpaired) electrons. The fraction of sp³-hybridized carbons (Fsp3) is 0.857. The second-order valence-corrected chi connectivity index (χ2v) is 25.2. The summed E-state index contributed by atoms with van der Waals surface area (Å²) in [6.07, 6.45) is 91.6. The predicted octanol–water partition coefficient (Wildman–Crippen LogP) is 25.7. The largest absolute Gasteiger partial charge is 0.462 e. The molecule has 0 spiro atoms. The standard InChI is InChI=1S/C77H142O6/c1-4-7-10-13-16-19-22-25-28-30-32-34-36-37-38-39-40-42-43-45-47-49-52-55-58-61-64-67-70-76(79)82-73-74(72-81-75(78)69-66-63-60-57-54-51-27-24-21-18-15-12-9-6-3)83-77(80)71-68-65-62-59-56-53-50-48-46-44-41-35-33-31-29-26-23-20-17-14-11-8-5-2/h8,11,17,20,26,29,33,35,74H,4-7,9-10,12-16,18-19,21-25,27-28,30-32,34,36-73H2,1-3H3/b11-8-,20-17-,29-26-,35-33-. The molecule has 0 N–H and O–H groups in total. The Bertz CT molecular complexity index is 1430. The summed E-state index contributed by atoms with van der Waals surface area (Å²) < 4.78 is 17.0. The van der Waals surface area contributed by atoms with Crippen LogP contribution in [0, 0.1) is 0 Å². The van der Waals surface area contributed by atoms with E-state index in [4.69, 9.17) is 14.2 Å². The van der Waals surface area contributed by atoms with Crippen LogP contribution in [0.1, 0.15) is 406 Å². The van der Waals surface area contributed by atoms with Crippen LogP contribution in [0.25, 0.3) is 0 Å². The number of ether oxygens (including phenoxy) is 3. The minimum absolute atomic E-state index is 0.0688. The molecular weight excluding hydrogens is 1020 g/mol. The van der Waals surface area contributed by atoms with Crippen molar-refractivity contribution in [2.24, 2.45) is 0 Å². The number of hydrogen-bond donors (Lipinski definition) is 0. The van der Waals surface area contributed by atoms with Gasteiger partial charge in [-0.25, -0.2) is 0 Å². The average molecular weight is 1160 g/mol. The fourth-order valence-corrected chi connectivity index (χ4v) is 11.3. The maximum atomic E-state index is 13.0. The lowest BCUT2D eigenvalue weighted by molar-refractivity contribution is -0.167. The van der Waals surface area contributed by atoms with E-state index in [0.717, 1.165) is 83.5 Å². The van der Waals surface area contributed by atoms with E-state index in [1.807, 2.05) is 0 Å². The van der Waals surface area contributed by atoms with Gasteiger partial charge >= 0.3 is 17.9 Å². The zero-order chi connectivity index (χ0) is 59.9. The molecule has 0 aromatic heterocycles. The molecule has 6 nitrogen and oxygen atoms in total. The van der Waals surface area contributed by atoms with Gasteiger partial charge in [0.25, 0.3) is 0 Å². The molecule has 0 fully saturated rings. The van der Waals surface area contributed by atoms with Gasteiger partial charge in [0, 0.05) is 19.3 Å². The molecule has 0 saturated carbocycles. The molecule has 486 valence electrons. The first-order valence-electron chi connectivity index (χ1n) is 37.1. The first-order chi connectivity index (χ1) is 41.0. The van der Waals surface area contributed by atoms with Crippen molar-refractivity contribution in [1.29, 1.82) is 0 Å². The van der Waals surface area contributed by atoms with Crippen LogP contribution in [0.5, 0.6) is 0 Å². The minimum Gasteiger partial charge on any atom is -0.462 e. The second kappa shape index (κ2) is 71.8. The van der Waals surface area contributed by atoms with E-state index < -0.39 is 6.10 Å². The Hall–Kier alpha value is -2.63. The van der Waals surface area contributed by atoms with Gasteiger partial charge in [-0.3, -0.25) is 14.4 Å². The molecule has 0 rings (SSSR count). The number of carbonyl (C=O) groups is 3. The van der Waals surface area contributed by atoms with E-state index in [1.54, 1.807) is 0 Å². The molecule has 0 heterocycles. The lowest BCUT2D eigenvalue weighted by Gasteiger charge is -2.18. The van der Waals surface area contributed by atoms with Crippen molar-refractivity contribution < 1.29 is 28.6 Å². The molecule has 1 unspecified atom stereocenters. The normalized spacial score (nSPS) is 12.3. The van der Waals surface area contributed by atoms with Crippen LogP contribution in [-0.2, 0) is 28.6 Å². The molecule has 0 aromatic rings. The van der Waals surface area contributed by atoms with Gasteiger partial charge in [0.2, 0.25) is 0 Å². The third-order valence-corrected chi connectivity index (χ3v) is 16.8. The van der Waals surface area contributed by atoms with Gasteiger partial charge in [0.1, 0.15) is 13.2 Å². The number of allylic oxidation sites excluding steroid dienone is 8. The van der Waals surface area contributed by atoms with Gasteiger partial charge < -0.3 is 14.2 Å². The zero-order valence-corrected chi connectivity index (χ0v) is 56.0. The van der Waals surface area contributed by atoms with Crippen LogP contribution in [0.3, 0.4) is 0 Å². The van der Waals surface area contributed by atoms with E-state index in [9.17, 15) is 14.4 Å². The van der Waals surface area contributed by atoms with Gasteiger partial charge in [-0.2, -0.15) is 0 Å². The van der Waals surface area contributed by atoms with Crippen LogP contribution in [0.2, 0.25) is 0 Å². The Balaban J connectivity index is 4.22. The number of unbranched alkanes of at least 4 members (excludes halogenated alkanes) is 50. The molecular formula is C77H142O6. The van der Waals surface area contributed by atoms with Crippen LogP contribution in [0.4, 0.5) is 0 Å². The first kappa shape index (κ1) is 80.4. The smallest absolute Gasteiger partial charge is 0.306 e. The Morgan fingerprint density at radius 3 is 0.735 bits per heavy atom. The van der Waals surface area contributed by atoms with Crippen molar-refractivity contribution >= 4 is 17.9 Å². The summed E-state index contributed by atoms with van der Waals surface area (Å²) in [5.74, 6) is -0.842. The SMILES string of the molecule is CC/C=C\C/C=C\C/C=C\C/C=C\CCCCCCCCCCCCC(=O)OC(COC(=O)CCCCCCCCCCCCCCCC)COC(=O)CCCCCCCCCCCCCCCCCCCCCCCCCCCCCC. The molecule has 0 bridgehead atoms. The van der Waals surface area contributed by atoms with Crippen LogP contribution >= 0.6 is 0 Å². The topological polar surface area (TPSA) is 78.9 Å². The van der Waals surface area contributed by atoms with E-state index in [-0.39, 0.29) is 31.1 Å². The maximum absolute atomic E-state index is 13.0. The highest BCUT2D eigenvalue weighted by Gasteiger charge is 2.20. The summed E-state index contributed by atoms with van der Waals surface area (Å²) in [4.78, 5) is 38.5. The van der Waals surface area contributed by atoms with E-state index >= 15 is 0 Å². The van der Waals surface area contributed by atoms with E-state index in [1.165, 1.54) is 283 Å². The molecule has 83 heavy (non-hydrogen) atoms. The van der Waals surface area contributed by atoms with Gasteiger partial charge in [-0.15, -0.1) is 0 Å². The highest BCUT2D eigenvalue weighted by molar-refractivity contribution is 5.71. The van der Waals surface area contributed by atoms with Crippen LogP contribution in [0.15, 0.2) is 48.6 Å². The van der Waals surface area contributed by atoms with Crippen molar-refractivity contribution in [3.8, 4) is 0 Å². The molecule has 6 heteroatoms. The summed E-state index contributed by atoms with van der Waals surface area (Å²) in [5, 5.41) is 0. The summed E-state index contributed by atoms with van der Waals surface area (Å²) in [5.41, 5.74) is 0. The third-order valence-electron chi connectivity index (χ3n) is 16.8. The first-order valence-corrected chi connectivity index (χ1v) is 37.1. The minimum atomic E-state index is -0.774. The Kier molecular flexibility index (Phi) is 69.6. The summed E-state index contributed by atoms with van der Waals surface area (Å²) >= 11 is 0. The van der Waals surface area contributed by atoms with Gasteiger partial charge in [-0.05, 0) is 57.8 Å². The number of carbonyl (C=O) groups excluding carboxylic acids is 3. The van der Waals surface area contributed by atoms with E-state index in [2.05, 4.69) is 69.4 Å². The third kappa shape index (κ3) is 70.0. The van der Waals surface area contributed by atoms with Crippen molar-refractivity contribution in [3.05, 3.63) is 48.6 Å². The van der Waals surface area contributed by atoms with Crippen molar-refractivity contribution in [2.75, 3.05) is 13.2 Å². The van der Waals surface area contributed by atoms with Crippen LogP contribution in [-0.4, -0.2) is 37.2 Å². The fourth-order valence-electron chi connectivity index (χ4n) is 11.3. The van der Waals surface area contributed by atoms with Crippen molar-refractivity contribution in [1.82, 2.24) is 0 Å². The highest BCUT2D eigenvalue weighted by atomic mass is 16.6. The summed E-state index contributed by atoms with van der Waals surface area (Å²) in [7, 11) is 0. The summed E-state index contributed by atoms with van der Waals surface area (Å²) in [6, 6.07) is 0. The number of esters is 3. The van der Waals surface area contributed by atoms with Gasteiger partial charge in [0.05, 0.1) is 0 Å². The molecule has 0 aliphatic rings. The van der Waals surface area contributed by atoms with Crippen molar-refractivity contribution in [2.45, 2.75) is 412 Å². The lowest BCUT2D eigenvalue weighted by atomic mass is 10.0. The second-order valence-electron chi connectivity index (χ2n) is 25.2. The number of hydrogen-bond acceptors (Lipinski definition) is 6. The molecule has 0 amide bonds. The molecule has 0 saturated heterocycles. The van der Waals surface area contributed by atoms with Gasteiger partial charge in [-0.1, -0.05) is 378 Å².